The highest BCUT2D eigenvalue weighted by atomic mass is 79.9. The van der Waals surface area contributed by atoms with Crippen LogP contribution in [0.4, 0.5) is 0 Å². The number of nitrogens with one attached hydrogen (secondary N) is 1. The lowest BCUT2D eigenvalue weighted by Gasteiger charge is -2.00. The van der Waals surface area contributed by atoms with Gasteiger partial charge in [-0.15, -0.1) is 11.3 Å². The fourth-order valence-electron chi connectivity index (χ4n) is 0.984. The zero-order valence-electron chi connectivity index (χ0n) is 7.83. The van der Waals surface area contributed by atoms with Gasteiger partial charge in [-0.25, -0.2) is 0 Å². The van der Waals surface area contributed by atoms with Crippen molar-refractivity contribution in [3.05, 3.63) is 20.8 Å². The van der Waals surface area contributed by atoms with E-state index in [9.17, 15) is 9.59 Å². The maximum absolute atomic E-state index is 11.1. The summed E-state index contributed by atoms with van der Waals surface area (Å²) in [7, 11) is 0. The Kier molecular flexibility index (Phi) is 4.77. The van der Waals surface area contributed by atoms with Gasteiger partial charge in [-0.2, -0.15) is 0 Å². The molecule has 0 aromatic carbocycles. The van der Waals surface area contributed by atoms with E-state index in [4.69, 9.17) is 5.11 Å². The van der Waals surface area contributed by atoms with E-state index < -0.39 is 5.97 Å². The third kappa shape index (κ3) is 4.94. The second-order valence-corrected chi connectivity index (χ2v) is 4.81. The Morgan fingerprint density at radius 1 is 1.53 bits per heavy atom. The summed E-state index contributed by atoms with van der Waals surface area (Å²) in [6.45, 7) is -0.313. The number of carbonyl (C=O) groups is 2. The van der Waals surface area contributed by atoms with Crippen molar-refractivity contribution < 1.29 is 14.7 Å². The maximum Gasteiger partial charge on any atom is 0.322 e. The number of carbonyl (C=O) groups excluding carboxylic acids is 1. The molecular formula is C9H10BrNO3S. The zero-order chi connectivity index (χ0) is 11.3. The molecule has 0 bridgehead atoms. The molecule has 0 aliphatic carbocycles. The van der Waals surface area contributed by atoms with Crippen molar-refractivity contribution in [2.75, 3.05) is 6.54 Å². The van der Waals surface area contributed by atoms with Crippen LogP contribution in [0.15, 0.2) is 15.9 Å². The molecule has 4 nitrogen and oxygen atoms in total. The number of carboxylic acids is 1. The minimum absolute atomic E-state index is 0.234. The topological polar surface area (TPSA) is 66.4 Å². The Bertz CT molecular complexity index is 364. The molecule has 0 saturated heterocycles. The zero-order valence-corrected chi connectivity index (χ0v) is 10.2. The van der Waals surface area contributed by atoms with E-state index in [0.717, 1.165) is 9.35 Å². The minimum atomic E-state index is -1.03. The number of carboxylic acid groups (broad SMARTS) is 1. The number of amides is 1. The summed E-state index contributed by atoms with van der Waals surface area (Å²) >= 11 is 4.89. The molecule has 6 heteroatoms. The van der Waals surface area contributed by atoms with E-state index in [2.05, 4.69) is 21.2 Å². The van der Waals surface area contributed by atoms with Crippen molar-refractivity contribution in [1.29, 1.82) is 0 Å². The van der Waals surface area contributed by atoms with Gasteiger partial charge in [0.2, 0.25) is 5.91 Å². The highest BCUT2D eigenvalue weighted by Gasteiger charge is 2.05. The average molecular weight is 292 g/mol. The van der Waals surface area contributed by atoms with Gasteiger partial charge in [0.1, 0.15) is 6.54 Å². The summed E-state index contributed by atoms with van der Waals surface area (Å²) in [5.41, 5.74) is 0. The SMILES string of the molecule is O=C(O)CNC(=O)CCc1cc(Br)cs1. The van der Waals surface area contributed by atoms with Crippen molar-refractivity contribution in [3.63, 3.8) is 0 Å². The number of hydrogen-bond acceptors (Lipinski definition) is 3. The molecule has 0 atom stereocenters. The molecule has 1 amide bonds. The number of hydrogen-bond donors (Lipinski definition) is 2. The lowest BCUT2D eigenvalue weighted by Crippen LogP contribution is -2.29. The molecule has 0 aliphatic heterocycles. The molecule has 0 radical (unpaired) electrons. The van der Waals surface area contributed by atoms with E-state index >= 15 is 0 Å². The summed E-state index contributed by atoms with van der Waals surface area (Å²) in [5, 5.41) is 12.6. The quantitative estimate of drug-likeness (QED) is 0.867. The first-order chi connectivity index (χ1) is 7.08. The van der Waals surface area contributed by atoms with Gasteiger partial charge in [0, 0.05) is 21.2 Å². The molecular weight excluding hydrogens is 282 g/mol. The van der Waals surface area contributed by atoms with E-state index in [1.165, 1.54) is 0 Å². The average Bonchev–Trinajstić information content (AvgIpc) is 2.58. The summed E-state index contributed by atoms with van der Waals surface area (Å²) in [6, 6.07) is 1.95. The molecule has 1 aromatic rings. The van der Waals surface area contributed by atoms with Crippen LogP contribution in [0.25, 0.3) is 0 Å². The molecule has 15 heavy (non-hydrogen) atoms. The van der Waals surface area contributed by atoms with Crippen LogP contribution in [-0.4, -0.2) is 23.5 Å². The van der Waals surface area contributed by atoms with Crippen LogP contribution in [0.2, 0.25) is 0 Å². The van der Waals surface area contributed by atoms with Gasteiger partial charge in [-0.05, 0) is 28.4 Å². The molecule has 0 spiro atoms. The lowest BCUT2D eigenvalue weighted by atomic mass is 10.2. The summed E-state index contributed by atoms with van der Waals surface area (Å²) in [4.78, 5) is 22.4. The number of thiophene rings is 1. The van der Waals surface area contributed by atoms with E-state index in [-0.39, 0.29) is 12.5 Å². The van der Waals surface area contributed by atoms with Gasteiger partial charge < -0.3 is 10.4 Å². The number of halogens is 1. The largest absolute Gasteiger partial charge is 0.480 e. The van der Waals surface area contributed by atoms with Crippen molar-refractivity contribution in [3.8, 4) is 0 Å². The number of rotatable bonds is 5. The fourth-order valence-corrected chi connectivity index (χ4v) is 2.44. The second kappa shape index (κ2) is 5.87. The Balaban J connectivity index is 2.25. The van der Waals surface area contributed by atoms with Crippen molar-refractivity contribution in [2.45, 2.75) is 12.8 Å². The maximum atomic E-state index is 11.1. The Morgan fingerprint density at radius 3 is 2.80 bits per heavy atom. The van der Waals surface area contributed by atoms with E-state index in [0.29, 0.717) is 12.8 Å². The Labute approximate surface area is 99.4 Å². The normalized spacial score (nSPS) is 9.93. The van der Waals surface area contributed by atoms with Crippen molar-refractivity contribution in [1.82, 2.24) is 5.32 Å². The fraction of sp³-hybridized carbons (Fsp3) is 0.333. The van der Waals surface area contributed by atoms with Crippen LogP contribution < -0.4 is 5.32 Å². The molecule has 1 rings (SSSR count). The van der Waals surface area contributed by atoms with Gasteiger partial charge >= 0.3 is 5.97 Å². The Hall–Kier alpha value is -0.880. The monoisotopic (exact) mass is 291 g/mol. The molecule has 0 aliphatic rings. The molecule has 2 N–H and O–H groups in total. The third-order valence-electron chi connectivity index (χ3n) is 1.66. The van der Waals surface area contributed by atoms with Crippen LogP contribution in [0.1, 0.15) is 11.3 Å². The summed E-state index contributed by atoms with van der Waals surface area (Å²) < 4.78 is 1.01. The predicted octanol–water partition coefficient (Wildman–Crippen LogP) is 1.64. The van der Waals surface area contributed by atoms with Gasteiger partial charge in [0.15, 0.2) is 0 Å². The number of aryl methyl sites for hydroxylation is 1. The van der Waals surface area contributed by atoms with Crippen LogP contribution in [0.5, 0.6) is 0 Å². The molecule has 0 saturated carbocycles. The van der Waals surface area contributed by atoms with Crippen LogP contribution in [0.3, 0.4) is 0 Å². The first-order valence-electron chi connectivity index (χ1n) is 4.29. The molecule has 0 unspecified atom stereocenters. The summed E-state index contributed by atoms with van der Waals surface area (Å²) in [5.74, 6) is -1.26. The molecule has 0 fully saturated rings. The minimum Gasteiger partial charge on any atom is -0.480 e. The van der Waals surface area contributed by atoms with Gasteiger partial charge in [0.05, 0.1) is 0 Å². The first kappa shape index (κ1) is 12.2. The predicted molar refractivity (Wildman–Crippen MR) is 61.0 cm³/mol. The third-order valence-corrected chi connectivity index (χ3v) is 3.41. The van der Waals surface area contributed by atoms with Crippen molar-refractivity contribution >= 4 is 39.1 Å². The van der Waals surface area contributed by atoms with Crippen LogP contribution >= 0.6 is 27.3 Å². The Morgan fingerprint density at radius 2 is 2.27 bits per heavy atom. The van der Waals surface area contributed by atoms with Gasteiger partial charge in [0.25, 0.3) is 0 Å². The highest BCUT2D eigenvalue weighted by Crippen LogP contribution is 2.20. The molecule has 82 valence electrons. The first-order valence-corrected chi connectivity index (χ1v) is 5.96. The highest BCUT2D eigenvalue weighted by molar-refractivity contribution is 9.10. The molecule has 1 heterocycles. The van der Waals surface area contributed by atoms with Crippen LogP contribution in [0, 0.1) is 0 Å². The molecule has 1 aromatic heterocycles. The van der Waals surface area contributed by atoms with Gasteiger partial charge in [-0.1, -0.05) is 0 Å². The van der Waals surface area contributed by atoms with Gasteiger partial charge in [-0.3, -0.25) is 9.59 Å². The van der Waals surface area contributed by atoms with E-state index in [1.54, 1.807) is 11.3 Å². The lowest BCUT2D eigenvalue weighted by molar-refractivity contribution is -0.137. The smallest absolute Gasteiger partial charge is 0.322 e. The van der Waals surface area contributed by atoms with Crippen molar-refractivity contribution in [2.24, 2.45) is 0 Å². The summed E-state index contributed by atoms with van der Waals surface area (Å²) in [6.07, 6.45) is 0.960. The van der Waals surface area contributed by atoms with E-state index in [1.807, 2.05) is 11.4 Å². The second-order valence-electron chi connectivity index (χ2n) is 2.90. The standard InChI is InChI=1S/C9H10BrNO3S/c10-6-3-7(15-5-6)1-2-8(12)11-4-9(13)14/h3,5H,1-2,4H2,(H,11,12)(H,13,14). The number of aliphatic carboxylic acids is 1. The van der Waals surface area contributed by atoms with Crippen LogP contribution in [-0.2, 0) is 16.0 Å².